The minimum Gasteiger partial charge on any atom is -0.493 e. The largest absolute Gasteiger partial charge is 0.493 e. The van der Waals surface area contributed by atoms with E-state index in [4.69, 9.17) is 23.7 Å². The van der Waals surface area contributed by atoms with Crippen molar-refractivity contribution in [1.82, 2.24) is 4.90 Å². The van der Waals surface area contributed by atoms with E-state index in [0.29, 0.717) is 43.6 Å². The van der Waals surface area contributed by atoms with Gasteiger partial charge in [-0.2, -0.15) is 0 Å². The summed E-state index contributed by atoms with van der Waals surface area (Å²) in [5.74, 6) is 2.35. The van der Waals surface area contributed by atoms with Crippen molar-refractivity contribution in [2.45, 2.75) is 19.4 Å². The number of aryl methyl sites for hydroxylation is 1. The van der Waals surface area contributed by atoms with Crippen molar-refractivity contribution in [1.29, 1.82) is 0 Å². The molecule has 2 aromatic carbocycles. The molecule has 0 saturated carbocycles. The van der Waals surface area contributed by atoms with Gasteiger partial charge in [-0.15, -0.1) is 0 Å². The molecule has 0 N–H and O–H groups in total. The number of carbonyl (C=O) groups is 1. The highest BCUT2D eigenvalue weighted by Gasteiger charge is 2.26. The second-order valence-corrected chi connectivity index (χ2v) is 7.13. The summed E-state index contributed by atoms with van der Waals surface area (Å²) in [4.78, 5) is 14.8. The molecule has 0 aliphatic carbocycles. The van der Waals surface area contributed by atoms with E-state index in [9.17, 15) is 4.79 Å². The summed E-state index contributed by atoms with van der Waals surface area (Å²) in [6.45, 7) is 3.95. The number of ether oxygens (including phenoxy) is 5. The predicted molar refractivity (Wildman–Crippen MR) is 113 cm³/mol. The normalized spacial score (nSPS) is 16.1. The molecule has 1 aliphatic heterocycles. The summed E-state index contributed by atoms with van der Waals surface area (Å²) in [6, 6.07) is 11.5. The Bertz CT molecular complexity index is 852. The van der Waals surface area contributed by atoms with Gasteiger partial charge in [0.15, 0.2) is 11.5 Å². The van der Waals surface area contributed by atoms with Gasteiger partial charge in [-0.05, 0) is 25.1 Å². The average molecular weight is 415 g/mol. The van der Waals surface area contributed by atoms with Gasteiger partial charge in [-0.1, -0.05) is 23.8 Å². The molecule has 1 fully saturated rings. The quantitative estimate of drug-likeness (QED) is 0.661. The zero-order valence-electron chi connectivity index (χ0n) is 18.0. The highest BCUT2D eigenvalue weighted by Crippen LogP contribution is 2.40. The van der Waals surface area contributed by atoms with Crippen LogP contribution < -0.4 is 18.9 Å². The topological polar surface area (TPSA) is 66.5 Å². The number of hydrogen-bond donors (Lipinski definition) is 0. The van der Waals surface area contributed by atoms with Crippen molar-refractivity contribution < 1.29 is 28.5 Å². The van der Waals surface area contributed by atoms with Crippen LogP contribution in [0.25, 0.3) is 0 Å². The molecule has 0 radical (unpaired) electrons. The molecule has 1 heterocycles. The van der Waals surface area contributed by atoms with Gasteiger partial charge in [-0.3, -0.25) is 4.79 Å². The number of carbonyl (C=O) groups excluding carboxylic acids is 1. The van der Waals surface area contributed by atoms with Crippen molar-refractivity contribution in [3.05, 3.63) is 47.5 Å². The first-order chi connectivity index (χ1) is 14.5. The lowest BCUT2D eigenvalue weighted by atomic mass is 10.1. The Kier molecular flexibility index (Phi) is 7.41. The summed E-state index contributed by atoms with van der Waals surface area (Å²) >= 11 is 0. The van der Waals surface area contributed by atoms with Crippen molar-refractivity contribution >= 4 is 5.91 Å². The van der Waals surface area contributed by atoms with E-state index in [-0.39, 0.29) is 18.4 Å². The minimum atomic E-state index is -0.170. The fourth-order valence-electron chi connectivity index (χ4n) is 3.45. The fourth-order valence-corrected chi connectivity index (χ4v) is 3.45. The summed E-state index contributed by atoms with van der Waals surface area (Å²) in [6.07, 6.45) is 0.0333. The Labute approximate surface area is 177 Å². The van der Waals surface area contributed by atoms with Crippen LogP contribution in [0.3, 0.4) is 0 Å². The number of morpholine rings is 1. The molecule has 3 rings (SSSR count). The SMILES string of the molecule is COc1ccc(CC(=O)N2CCOC(COc3ccc(C)cc3)C2)c(OC)c1OC. The molecule has 0 aromatic heterocycles. The van der Waals surface area contributed by atoms with Gasteiger partial charge in [0.1, 0.15) is 18.5 Å². The molecule has 1 atom stereocenters. The molecule has 30 heavy (non-hydrogen) atoms. The Morgan fingerprint density at radius 2 is 1.77 bits per heavy atom. The monoisotopic (exact) mass is 415 g/mol. The first-order valence-corrected chi connectivity index (χ1v) is 9.92. The molecule has 1 unspecified atom stereocenters. The van der Waals surface area contributed by atoms with Crippen LogP contribution in [0, 0.1) is 6.92 Å². The molecule has 1 saturated heterocycles. The van der Waals surface area contributed by atoms with Crippen molar-refractivity contribution in [2.75, 3.05) is 47.6 Å². The third-order valence-electron chi connectivity index (χ3n) is 5.08. The van der Waals surface area contributed by atoms with Crippen LogP contribution in [0.5, 0.6) is 23.0 Å². The first-order valence-electron chi connectivity index (χ1n) is 9.92. The van der Waals surface area contributed by atoms with Crippen LogP contribution in [-0.2, 0) is 16.0 Å². The predicted octanol–water partition coefficient (Wildman–Crippen LogP) is 2.87. The van der Waals surface area contributed by atoms with Gasteiger partial charge in [0.05, 0.1) is 40.9 Å². The second kappa shape index (κ2) is 10.2. The number of rotatable bonds is 8. The summed E-state index contributed by atoms with van der Waals surface area (Å²) in [5, 5.41) is 0. The summed E-state index contributed by atoms with van der Waals surface area (Å²) in [7, 11) is 4.67. The van der Waals surface area contributed by atoms with Crippen LogP contribution in [0.4, 0.5) is 0 Å². The Morgan fingerprint density at radius 3 is 2.43 bits per heavy atom. The van der Waals surface area contributed by atoms with E-state index in [0.717, 1.165) is 11.3 Å². The number of hydrogen-bond acceptors (Lipinski definition) is 6. The minimum absolute atomic E-state index is 0.00385. The third-order valence-corrected chi connectivity index (χ3v) is 5.08. The zero-order chi connectivity index (χ0) is 21.5. The highest BCUT2D eigenvalue weighted by atomic mass is 16.5. The van der Waals surface area contributed by atoms with E-state index in [2.05, 4.69) is 0 Å². The number of methoxy groups -OCH3 is 3. The maximum atomic E-state index is 12.9. The maximum absolute atomic E-state index is 12.9. The Balaban J connectivity index is 1.62. The van der Waals surface area contributed by atoms with Crippen LogP contribution in [-0.4, -0.2) is 64.5 Å². The number of nitrogens with zero attached hydrogens (tertiary/aromatic N) is 1. The van der Waals surface area contributed by atoms with Gasteiger partial charge >= 0.3 is 0 Å². The molecule has 0 spiro atoms. The molecule has 7 nitrogen and oxygen atoms in total. The second-order valence-electron chi connectivity index (χ2n) is 7.13. The molecule has 1 aliphatic rings. The Morgan fingerprint density at radius 1 is 1.03 bits per heavy atom. The lowest BCUT2D eigenvalue weighted by Gasteiger charge is -2.33. The molecule has 162 valence electrons. The summed E-state index contributed by atoms with van der Waals surface area (Å²) in [5.41, 5.74) is 1.93. The van der Waals surface area contributed by atoms with E-state index < -0.39 is 0 Å². The average Bonchev–Trinajstić information content (AvgIpc) is 2.78. The standard InChI is InChI=1S/C23H29NO6/c1-16-5-8-18(9-6-16)30-15-19-14-24(11-12-29-19)21(25)13-17-7-10-20(26-2)23(28-4)22(17)27-3/h5-10,19H,11-15H2,1-4H3. The highest BCUT2D eigenvalue weighted by molar-refractivity contribution is 5.80. The molecule has 0 bridgehead atoms. The van der Waals surface area contributed by atoms with Crippen molar-refractivity contribution in [2.24, 2.45) is 0 Å². The molecule has 1 amide bonds. The molecular formula is C23H29NO6. The van der Waals surface area contributed by atoms with Crippen LogP contribution in [0.15, 0.2) is 36.4 Å². The van der Waals surface area contributed by atoms with Gasteiger partial charge in [-0.25, -0.2) is 0 Å². The van der Waals surface area contributed by atoms with Crippen molar-refractivity contribution in [3.63, 3.8) is 0 Å². The fraction of sp³-hybridized carbons (Fsp3) is 0.435. The van der Waals surface area contributed by atoms with Gasteiger partial charge < -0.3 is 28.6 Å². The number of amides is 1. The zero-order valence-corrected chi connectivity index (χ0v) is 18.0. The lowest BCUT2D eigenvalue weighted by Crippen LogP contribution is -2.48. The van der Waals surface area contributed by atoms with Crippen LogP contribution in [0.1, 0.15) is 11.1 Å². The van der Waals surface area contributed by atoms with E-state index >= 15 is 0 Å². The van der Waals surface area contributed by atoms with E-state index in [1.54, 1.807) is 27.4 Å². The van der Waals surface area contributed by atoms with Gasteiger partial charge in [0.2, 0.25) is 11.7 Å². The van der Waals surface area contributed by atoms with Gasteiger partial charge in [0, 0.05) is 12.1 Å². The molecule has 7 heteroatoms. The third kappa shape index (κ3) is 5.16. The summed E-state index contributed by atoms with van der Waals surface area (Å²) < 4.78 is 27.8. The van der Waals surface area contributed by atoms with Crippen LogP contribution >= 0.6 is 0 Å². The first kappa shape index (κ1) is 21.8. The van der Waals surface area contributed by atoms with Crippen molar-refractivity contribution in [3.8, 4) is 23.0 Å². The smallest absolute Gasteiger partial charge is 0.227 e. The lowest BCUT2D eigenvalue weighted by molar-refractivity contribution is -0.139. The van der Waals surface area contributed by atoms with Gasteiger partial charge in [0.25, 0.3) is 0 Å². The molecule has 2 aromatic rings. The van der Waals surface area contributed by atoms with E-state index in [1.807, 2.05) is 42.2 Å². The maximum Gasteiger partial charge on any atom is 0.227 e. The van der Waals surface area contributed by atoms with Crippen LogP contribution in [0.2, 0.25) is 0 Å². The van der Waals surface area contributed by atoms with E-state index in [1.165, 1.54) is 5.56 Å². The molecular weight excluding hydrogens is 386 g/mol. The Hall–Kier alpha value is -2.93. The number of benzene rings is 2.